The number of carbonyl (C=O) groups excluding carboxylic acids is 1. The third-order valence-electron chi connectivity index (χ3n) is 3.54. The lowest BCUT2D eigenvalue weighted by atomic mass is 10.1. The molecule has 1 amide bonds. The summed E-state index contributed by atoms with van der Waals surface area (Å²) in [5.74, 6) is 0.435. The second-order valence-corrected chi connectivity index (χ2v) is 5.51. The molecule has 4 nitrogen and oxygen atoms in total. The molecule has 0 fully saturated rings. The molecule has 0 aliphatic carbocycles. The van der Waals surface area contributed by atoms with Crippen molar-refractivity contribution in [2.75, 3.05) is 11.9 Å². The zero-order chi connectivity index (χ0) is 15.9. The molecule has 1 aromatic heterocycles. The van der Waals surface area contributed by atoms with E-state index in [2.05, 4.69) is 27.3 Å². The normalized spacial score (nSPS) is 12.2. The predicted octanol–water partition coefficient (Wildman–Crippen LogP) is 3.58. The molecule has 1 heterocycles. The van der Waals surface area contributed by atoms with Gasteiger partial charge < -0.3 is 5.32 Å². The van der Waals surface area contributed by atoms with Gasteiger partial charge in [-0.15, -0.1) is 0 Å². The fourth-order valence-electron chi connectivity index (χ4n) is 2.19. The number of hydrogen-bond acceptors (Lipinski definition) is 3. The van der Waals surface area contributed by atoms with Gasteiger partial charge in [-0.2, -0.15) is 0 Å². The standard InChI is InChI=1S/C17H20ClN3O/c1-3-21(12-14-7-5-4-6-8-14)13(2)17(22)20-16-10-9-15(18)11-19-16/h4-11,13H,3,12H2,1-2H3,(H,19,20,22). The first kappa shape index (κ1) is 16.5. The van der Waals surface area contributed by atoms with Crippen molar-refractivity contribution >= 4 is 23.3 Å². The third kappa shape index (κ3) is 4.55. The van der Waals surface area contributed by atoms with E-state index in [1.807, 2.05) is 32.0 Å². The number of likely N-dealkylation sites (N-methyl/N-ethyl adjacent to an activating group) is 1. The van der Waals surface area contributed by atoms with E-state index < -0.39 is 0 Å². The summed E-state index contributed by atoms with van der Waals surface area (Å²) in [4.78, 5) is 18.6. The maximum absolute atomic E-state index is 12.4. The molecule has 0 radical (unpaired) electrons. The van der Waals surface area contributed by atoms with Gasteiger partial charge in [-0.3, -0.25) is 9.69 Å². The lowest BCUT2D eigenvalue weighted by molar-refractivity contribution is -0.120. The Morgan fingerprint density at radius 1 is 1.27 bits per heavy atom. The van der Waals surface area contributed by atoms with Crippen LogP contribution in [0.25, 0.3) is 0 Å². The average molecular weight is 318 g/mol. The molecule has 5 heteroatoms. The van der Waals surface area contributed by atoms with Crippen LogP contribution in [0.15, 0.2) is 48.7 Å². The molecule has 22 heavy (non-hydrogen) atoms. The number of amides is 1. The summed E-state index contributed by atoms with van der Waals surface area (Å²) >= 11 is 5.79. The van der Waals surface area contributed by atoms with Crippen molar-refractivity contribution in [1.82, 2.24) is 9.88 Å². The van der Waals surface area contributed by atoms with Crippen molar-refractivity contribution < 1.29 is 4.79 Å². The summed E-state index contributed by atoms with van der Waals surface area (Å²) < 4.78 is 0. The fraction of sp³-hybridized carbons (Fsp3) is 0.294. The first-order valence-electron chi connectivity index (χ1n) is 7.30. The Bertz CT molecular complexity index is 601. The van der Waals surface area contributed by atoms with Gasteiger partial charge in [-0.05, 0) is 31.2 Å². The molecular formula is C17H20ClN3O. The number of hydrogen-bond donors (Lipinski definition) is 1. The van der Waals surface area contributed by atoms with Gasteiger partial charge in [-0.1, -0.05) is 48.9 Å². The first-order valence-corrected chi connectivity index (χ1v) is 7.68. The lowest BCUT2D eigenvalue weighted by Crippen LogP contribution is -2.41. The van der Waals surface area contributed by atoms with Gasteiger partial charge in [-0.25, -0.2) is 4.98 Å². The van der Waals surface area contributed by atoms with Gasteiger partial charge in [0, 0.05) is 12.7 Å². The van der Waals surface area contributed by atoms with Gasteiger partial charge in [0.15, 0.2) is 0 Å². The maximum Gasteiger partial charge on any atom is 0.242 e. The molecule has 1 N–H and O–H groups in total. The van der Waals surface area contributed by atoms with Gasteiger partial charge in [0.25, 0.3) is 0 Å². The van der Waals surface area contributed by atoms with Crippen molar-refractivity contribution in [3.63, 3.8) is 0 Å². The van der Waals surface area contributed by atoms with E-state index in [0.717, 1.165) is 13.1 Å². The Hall–Kier alpha value is -1.91. The number of rotatable bonds is 6. The van der Waals surface area contributed by atoms with Crippen LogP contribution in [0.3, 0.4) is 0 Å². The minimum absolute atomic E-state index is 0.0763. The first-order chi connectivity index (χ1) is 10.6. The Morgan fingerprint density at radius 3 is 2.59 bits per heavy atom. The Balaban J connectivity index is 1.99. The molecule has 2 aromatic rings. The summed E-state index contributed by atoms with van der Waals surface area (Å²) in [6, 6.07) is 13.3. The Morgan fingerprint density at radius 2 is 2.00 bits per heavy atom. The molecule has 0 bridgehead atoms. The van der Waals surface area contributed by atoms with Crippen molar-refractivity contribution in [3.05, 3.63) is 59.2 Å². The fourth-order valence-corrected chi connectivity index (χ4v) is 2.30. The van der Waals surface area contributed by atoms with Crippen molar-refractivity contribution in [2.24, 2.45) is 0 Å². The zero-order valence-electron chi connectivity index (χ0n) is 12.8. The van der Waals surface area contributed by atoms with Crippen molar-refractivity contribution in [2.45, 2.75) is 26.4 Å². The number of nitrogens with one attached hydrogen (secondary N) is 1. The van der Waals surface area contributed by atoms with Crippen LogP contribution < -0.4 is 5.32 Å². The van der Waals surface area contributed by atoms with E-state index in [1.165, 1.54) is 11.8 Å². The largest absolute Gasteiger partial charge is 0.309 e. The van der Waals surface area contributed by atoms with Crippen LogP contribution in [0.5, 0.6) is 0 Å². The summed E-state index contributed by atoms with van der Waals surface area (Å²) in [6.07, 6.45) is 1.52. The number of pyridine rings is 1. The molecule has 1 unspecified atom stereocenters. The quantitative estimate of drug-likeness (QED) is 0.885. The van der Waals surface area contributed by atoms with Gasteiger partial charge in [0.1, 0.15) is 5.82 Å². The zero-order valence-corrected chi connectivity index (χ0v) is 13.5. The van der Waals surface area contributed by atoms with Crippen LogP contribution in [0.4, 0.5) is 5.82 Å². The van der Waals surface area contributed by atoms with Crippen LogP contribution in [0.2, 0.25) is 5.02 Å². The summed E-state index contributed by atoms with van der Waals surface area (Å²) in [6.45, 7) is 5.47. The molecular weight excluding hydrogens is 298 g/mol. The Kier molecular flexibility index (Phi) is 5.92. The van der Waals surface area contributed by atoms with E-state index in [4.69, 9.17) is 11.6 Å². The topological polar surface area (TPSA) is 45.2 Å². The molecule has 1 atom stereocenters. The SMILES string of the molecule is CCN(Cc1ccccc1)C(C)C(=O)Nc1ccc(Cl)cn1. The van der Waals surface area contributed by atoms with E-state index >= 15 is 0 Å². The molecule has 0 aliphatic heterocycles. The number of halogens is 1. The summed E-state index contributed by atoms with van der Waals surface area (Å²) in [5, 5.41) is 3.37. The highest BCUT2D eigenvalue weighted by Crippen LogP contribution is 2.12. The van der Waals surface area contributed by atoms with Gasteiger partial charge in [0.05, 0.1) is 11.1 Å². The lowest BCUT2D eigenvalue weighted by Gasteiger charge is -2.26. The second kappa shape index (κ2) is 7.92. The molecule has 0 saturated heterocycles. The average Bonchev–Trinajstić information content (AvgIpc) is 2.55. The van der Waals surface area contributed by atoms with Crippen LogP contribution >= 0.6 is 11.6 Å². The van der Waals surface area contributed by atoms with E-state index in [-0.39, 0.29) is 11.9 Å². The minimum Gasteiger partial charge on any atom is -0.309 e. The van der Waals surface area contributed by atoms with Crippen molar-refractivity contribution in [3.8, 4) is 0 Å². The highest BCUT2D eigenvalue weighted by atomic mass is 35.5. The molecule has 0 spiro atoms. The molecule has 2 rings (SSSR count). The second-order valence-electron chi connectivity index (χ2n) is 5.08. The van der Waals surface area contributed by atoms with Crippen LogP contribution in [0.1, 0.15) is 19.4 Å². The number of benzene rings is 1. The van der Waals surface area contributed by atoms with Crippen LogP contribution in [-0.4, -0.2) is 28.4 Å². The summed E-state index contributed by atoms with van der Waals surface area (Å²) in [5.41, 5.74) is 1.19. The molecule has 0 aliphatic rings. The van der Waals surface area contributed by atoms with Crippen molar-refractivity contribution in [1.29, 1.82) is 0 Å². The molecule has 1 aromatic carbocycles. The van der Waals surface area contributed by atoms with Gasteiger partial charge >= 0.3 is 0 Å². The third-order valence-corrected chi connectivity index (χ3v) is 3.76. The van der Waals surface area contributed by atoms with E-state index in [0.29, 0.717) is 10.8 Å². The monoisotopic (exact) mass is 317 g/mol. The molecule has 0 saturated carbocycles. The molecule has 116 valence electrons. The maximum atomic E-state index is 12.4. The highest BCUT2D eigenvalue weighted by molar-refractivity contribution is 6.30. The van der Waals surface area contributed by atoms with E-state index in [9.17, 15) is 4.79 Å². The number of nitrogens with zero attached hydrogens (tertiary/aromatic N) is 2. The minimum atomic E-state index is -0.248. The number of aromatic nitrogens is 1. The Labute approximate surface area is 136 Å². The van der Waals surface area contributed by atoms with Crippen LogP contribution in [0, 0.1) is 0 Å². The smallest absolute Gasteiger partial charge is 0.242 e. The van der Waals surface area contributed by atoms with E-state index in [1.54, 1.807) is 12.1 Å². The van der Waals surface area contributed by atoms with Gasteiger partial charge in [0.2, 0.25) is 5.91 Å². The number of carbonyl (C=O) groups is 1. The number of anilines is 1. The summed E-state index contributed by atoms with van der Waals surface area (Å²) in [7, 11) is 0. The highest BCUT2D eigenvalue weighted by Gasteiger charge is 2.20. The van der Waals surface area contributed by atoms with Crippen LogP contribution in [-0.2, 0) is 11.3 Å². The predicted molar refractivity (Wildman–Crippen MR) is 89.9 cm³/mol.